The molecule has 0 radical (unpaired) electrons. The lowest BCUT2D eigenvalue weighted by Gasteiger charge is -2.25. The van der Waals surface area contributed by atoms with Crippen LogP contribution in [0.2, 0.25) is 0 Å². The summed E-state index contributed by atoms with van der Waals surface area (Å²) in [5.74, 6) is 2.37. The van der Waals surface area contributed by atoms with Gasteiger partial charge >= 0.3 is 0 Å². The van der Waals surface area contributed by atoms with Crippen LogP contribution in [-0.2, 0) is 10.2 Å². The second kappa shape index (κ2) is 8.48. The first kappa shape index (κ1) is 17.4. The van der Waals surface area contributed by atoms with E-state index in [0.29, 0.717) is 19.1 Å². The van der Waals surface area contributed by atoms with E-state index in [1.54, 1.807) is 14.0 Å². The van der Waals surface area contributed by atoms with Gasteiger partial charge in [0.05, 0.1) is 6.54 Å². The Kier molecular flexibility index (Phi) is 8.20. The van der Waals surface area contributed by atoms with Crippen molar-refractivity contribution in [2.75, 3.05) is 33.2 Å². The number of nitrogens with zero attached hydrogens (tertiary/aromatic N) is 2. The van der Waals surface area contributed by atoms with Gasteiger partial charge in [-0.25, -0.2) is 0 Å². The Balaban J connectivity index is 4.30. The summed E-state index contributed by atoms with van der Waals surface area (Å²) < 4.78 is 26.9. The fourth-order valence-electron chi connectivity index (χ4n) is 1.46. The van der Waals surface area contributed by atoms with E-state index in [2.05, 4.69) is 25.1 Å². The molecule has 0 aliphatic heterocycles. The smallest absolute Gasteiger partial charge is 0.282 e. The van der Waals surface area contributed by atoms with Gasteiger partial charge in [-0.3, -0.25) is 0 Å². The fourth-order valence-corrected chi connectivity index (χ4v) is 2.78. The first-order valence-corrected chi connectivity index (χ1v) is 7.64. The van der Waals surface area contributed by atoms with Crippen LogP contribution in [0.5, 0.6) is 0 Å². The Labute approximate surface area is 112 Å². The molecule has 0 amide bonds. The Bertz CT molecular complexity index is 360. The molecule has 0 aromatic heterocycles. The quantitative estimate of drug-likeness (QED) is 0.493. The highest BCUT2D eigenvalue weighted by atomic mass is 32.2. The molecule has 0 unspecified atom stereocenters. The number of rotatable bonds is 9. The largest absolute Gasteiger partial charge is 0.314 e. The van der Waals surface area contributed by atoms with Crippen LogP contribution in [0.4, 0.5) is 0 Å². The molecule has 0 heterocycles. The van der Waals surface area contributed by atoms with Crippen LogP contribution in [0.25, 0.3) is 0 Å². The minimum Gasteiger partial charge on any atom is -0.314 e. The van der Waals surface area contributed by atoms with Crippen molar-refractivity contribution < 1.29 is 8.42 Å². The second-order valence-corrected chi connectivity index (χ2v) is 6.46. The normalized spacial score (nSPS) is 12.3. The summed E-state index contributed by atoms with van der Waals surface area (Å²) in [6.45, 7) is 7.71. The molecule has 0 saturated carbocycles. The van der Waals surface area contributed by atoms with Gasteiger partial charge in [-0.05, 0) is 13.0 Å². The maximum Gasteiger partial charge on any atom is 0.282 e. The summed E-state index contributed by atoms with van der Waals surface area (Å²) in [5.41, 5.74) is 0. The third-order valence-electron chi connectivity index (χ3n) is 2.54. The number of hydrogen-bond acceptors (Lipinski definition) is 3. The Morgan fingerprint density at radius 2 is 2.00 bits per heavy atom. The van der Waals surface area contributed by atoms with Gasteiger partial charge in [-0.15, -0.1) is 6.42 Å². The molecule has 0 aliphatic carbocycles. The van der Waals surface area contributed by atoms with Crippen molar-refractivity contribution in [3.63, 3.8) is 0 Å². The lowest BCUT2D eigenvalue weighted by Crippen LogP contribution is -2.43. The van der Waals surface area contributed by atoms with Gasteiger partial charge in [0.25, 0.3) is 10.2 Å². The van der Waals surface area contributed by atoms with Gasteiger partial charge in [0.1, 0.15) is 0 Å². The lowest BCUT2D eigenvalue weighted by atomic mass is 10.3. The molecule has 0 atom stereocenters. The molecule has 0 aromatic carbocycles. The van der Waals surface area contributed by atoms with Crippen molar-refractivity contribution in [2.45, 2.75) is 33.2 Å². The molecule has 106 valence electrons. The zero-order valence-electron chi connectivity index (χ0n) is 11.8. The SMILES string of the molecule is C#CCN(CC)S(=O)(=O)N(C)CCCNC(C)C. The van der Waals surface area contributed by atoms with E-state index >= 15 is 0 Å². The average molecular weight is 275 g/mol. The van der Waals surface area contributed by atoms with Gasteiger partial charge < -0.3 is 5.32 Å². The third kappa shape index (κ3) is 5.83. The van der Waals surface area contributed by atoms with Crippen LogP contribution in [0.15, 0.2) is 0 Å². The van der Waals surface area contributed by atoms with Crippen LogP contribution in [0.1, 0.15) is 27.2 Å². The summed E-state index contributed by atoms with van der Waals surface area (Å²) in [4.78, 5) is 0. The van der Waals surface area contributed by atoms with Crippen molar-refractivity contribution in [2.24, 2.45) is 0 Å². The molecule has 0 bridgehead atoms. The summed E-state index contributed by atoms with van der Waals surface area (Å²) in [6, 6.07) is 0.417. The highest BCUT2D eigenvalue weighted by Crippen LogP contribution is 2.06. The molecule has 18 heavy (non-hydrogen) atoms. The minimum atomic E-state index is -3.42. The van der Waals surface area contributed by atoms with Gasteiger partial charge in [-0.2, -0.15) is 17.0 Å². The number of terminal acetylenes is 1. The lowest BCUT2D eigenvalue weighted by molar-refractivity contribution is 0.381. The van der Waals surface area contributed by atoms with Crippen molar-refractivity contribution >= 4 is 10.2 Å². The molecule has 0 fully saturated rings. The molecule has 6 heteroatoms. The molecule has 1 N–H and O–H groups in total. The summed E-state index contributed by atoms with van der Waals surface area (Å²) in [6.07, 6.45) is 5.95. The van der Waals surface area contributed by atoms with Gasteiger partial charge in [-0.1, -0.05) is 26.7 Å². The maximum atomic E-state index is 12.1. The Hall–Kier alpha value is -0.610. The van der Waals surface area contributed by atoms with Gasteiger partial charge in [0, 0.05) is 26.2 Å². The summed E-state index contributed by atoms with van der Waals surface area (Å²) in [5, 5.41) is 3.25. The highest BCUT2D eigenvalue weighted by molar-refractivity contribution is 7.86. The van der Waals surface area contributed by atoms with Crippen molar-refractivity contribution in [1.29, 1.82) is 0 Å². The van der Waals surface area contributed by atoms with E-state index in [0.717, 1.165) is 13.0 Å². The molecular formula is C12H25N3O2S. The van der Waals surface area contributed by atoms with Crippen molar-refractivity contribution in [3.8, 4) is 12.3 Å². The first-order valence-electron chi connectivity index (χ1n) is 6.24. The van der Waals surface area contributed by atoms with E-state index in [1.165, 1.54) is 8.61 Å². The minimum absolute atomic E-state index is 0.118. The van der Waals surface area contributed by atoms with Gasteiger partial charge in [0.2, 0.25) is 0 Å². The molecule has 0 aromatic rings. The van der Waals surface area contributed by atoms with E-state index in [1.807, 2.05) is 0 Å². The van der Waals surface area contributed by atoms with Crippen molar-refractivity contribution in [1.82, 2.24) is 13.9 Å². The molecular weight excluding hydrogens is 250 g/mol. The standard InChI is InChI=1S/C12H25N3O2S/c1-6-10-15(7-2)18(16,17)14(5)11-8-9-13-12(3)4/h1,12-13H,7-11H2,2-5H3. The highest BCUT2D eigenvalue weighted by Gasteiger charge is 2.24. The van der Waals surface area contributed by atoms with E-state index < -0.39 is 10.2 Å². The molecule has 0 aliphatic rings. The third-order valence-corrected chi connectivity index (χ3v) is 4.55. The molecule has 0 saturated heterocycles. The molecule has 0 rings (SSSR count). The van der Waals surface area contributed by atoms with Gasteiger partial charge in [0.15, 0.2) is 0 Å². The maximum absolute atomic E-state index is 12.1. The zero-order valence-corrected chi connectivity index (χ0v) is 12.6. The Morgan fingerprint density at radius 1 is 1.39 bits per heavy atom. The second-order valence-electron chi connectivity index (χ2n) is 4.42. The van der Waals surface area contributed by atoms with Crippen LogP contribution in [0.3, 0.4) is 0 Å². The van der Waals surface area contributed by atoms with Crippen LogP contribution >= 0.6 is 0 Å². The molecule has 0 spiro atoms. The molecule has 5 nitrogen and oxygen atoms in total. The van der Waals surface area contributed by atoms with Crippen molar-refractivity contribution in [3.05, 3.63) is 0 Å². The van der Waals surface area contributed by atoms with Crippen LogP contribution < -0.4 is 5.32 Å². The number of nitrogens with one attached hydrogen (secondary N) is 1. The van der Waals surface area contributed by atoms with E-state index in [4.69, 9.17) is 6.42 Å². The summed E-state index contributed by atoms with van der Waals surface area (Å²) in [7, 11) is -1.83. The zero-order chi connectivity index (χ0) is 14.2. The number of hydrogen-bond donors (Lipinski definition) is 1. The monoisotopic (exact) mass is 275 g/mol. The van der Waals surface area contributed by atoms with E-state index in [-0.39, 0.29) is 6.54 Å². The van der Waals surface area contributed by atoms with Crippen LogP contribution in [0, 0.1) is 12.3 Å². The predicted octanol–water partition coefficient (Wildman–Crippen LogP) is 0.506. The fraction of sp³-hybridized carbons (Fsp3) is 0.833. The average Bonchev–Trinajstić information content (AvgIpc) is 2.30. The predicted molar refractivity (Wildman–Crippen MR) is 75.4 cm³/mol. The van der Waals surface area contributed by atoms with Crippen LogP contribution in [-0.4, -0.2) is 56.3 Å². The topological polar surface area (TPSA) is 52.7 Å². The van der Waals surface area contributed by atoms with E-state index in [9.17, 15) is 8.42 Å². The Morgan fingerprint density at radius 3 is 2.44 bits per heavy atom. The first-order chi connectivity index (χ1) is 8.36. The summed E-state index contributed by atoms with van der Waals surface area (Å²) >= 11 is 0.